The van der Waals surface area contributed by atoms with Crippen LogP contribution in [0, 0.1) is 6.92 Å². The van der Waals surface area contributed by atoms with E-state index in [1.54, 1.807) is 25.1 Å². The minimum Gasteiger partial charge on any atom is -0.441 e. The molecular formula is C22H19N3O5S. The van der Waals surface area contributed by atoms with Crippen LogP contribution in [0.5, 0.6) is 0 Å². The van der Waals surface area contributed by atoms with Crippen molar-refractivity contribution in [2.75, 3.05) is 6.54 Å². The largest absolute Gasteiger partial charge is 0.441 e. The van der Waals surface area contributed by atoms with Gasteiger partial charge in [-0.1, -0.05) is 36.4 Å². The quantitative estimate of drug-likeness (QED) is 0.627. The minimum absolute atomic E-state index is 0.0146. The Morgan fingerprint density at radius 1 is 1.10 bits per heavy atom. The van der Waals surface area contributed by atoms with Crippen molar-refractivity contribution in [3.05, 3.63) is 71.6 Å². The summed E-state index contributed by atoms with van der Waals surface area (Å²) in [6.45, 7) is 1.75. The van der Waals surface area contributed by atoms with Gasteiger partial charge in [0, 0.05) is 24.1 Å². The van der Waals surface area contributed by atoms with Crippen LogP contribution >= 0.6 is 0 Å². The molecule has 0 radical (unpaired) electrons. The zero-order chi connectivity index (χ0) is 21.8. The van der Waals surface area contributed by atoms with Crippen molar-refractivity contribution in [2.24, 2.45) is 0 Å². The van der Waals surface area contributed by atoms with E-state index in [4.69, 9.17) is 4.42 Å². The van der Waals surface area contributed by atoms with Crippen LogP contribution in [-0.4, -0.2) is 36.1 Å². The standard InChI is InChI=1S/C22H19N3O5S/c1-14-17(23-20(30-14)15-7-3-2-4-8-15)11-12-25-22(13-19(26)24-21(22)27)16-9-5-6-10-18(16)31(25,28)29/h2-10H,11-13H2,1H3,(H,24,26,27). The van der Waals surface area contributed by atoms with Crippen LogP contribution in [0.4, 0.5) is 0 Å². The number of aromatic nitrogens is 1. The van der Waals surface area contributed by atoms with E-state index in [0.717, 1.165) is 9.87 Å². The number of benzene rings is 2. The van der Waals surface area contributed by atoms with Crippen molar-refractivity contribution < 1.29 is 22.4 Å². The van der Waals surface area contributed by atoms with Gasteiger partial charge in [0.05, 0.1) is 17.0 Å². The molecule has 9 heteroatoms. The molecule has 5 rings (SSSR count). The molecule has 1 N–H and O–H groups in total. The van der Waals surface area contributed by atoms with Crippen molar-refractivity contribution in [3.8, 4) is 11.5 Å². The second-order valence-electron chi connectivity index (χ2n) is 7.63. The van der Waals surface area contributed by atoms with Crippen LogP contribution in [0.1, 0.15) is 23.4 Å². The lowest BCUT2D eigenvalue weighted by atomic mass is 9.88. The molecule has 1 atom stereocenters. The van der Waals surface area contributed by atoms with E-state index in [0.29, 0.717) is 22.9 Å². The molecule has 3 aromatic rings. The number of carbonyl (C=O) groups is 2. The lowest BCUT2D eigenvalue weighted by Crippen LogP contribution is -2.49. The maximum absolute atomic E-state index is 13.3. The van der Waals surface area contributed by atoms with E-state index in [2.05, 4.69) is 10.3 Å². The van der Waals surface area contributed by atoms with Gasteiger partial charge in [0.2, 0.25) is 21.8 Å². The molecule has 1 fully saturated rings. The summed E-state index contributed by atoms with van der Waals surface area (Å²) in [6.07, 6.45) is -0.00620. The van der Waals surface area contributed by atoms with Gasteiger partial charge in [0.1, 0.15) is 11.3 Å². The molecule has 0 aliphatic carbocycles. The van der Waals surface area contributed by atoms with Gasteiger partial charge in [0.25, 0.3) is 5.91 Å². The minimum atomic E-state index is -3.96. The van der Waals surface area contributed by atoms with Crippen LogP contribution in [0.3, 0.4) is 0 Å². The predicted octanol–water partition coefficient (Wildman–Crippen LogP) is 2.14. The molecule has 1 aromatic heterocycles. The third-order valence-corrected chi connectivity index (χ3v) is 7.82. The van der Waals surface area contributed by atoms with Gasteiger partial charge in [-0.15, -0.1) is 0 Å². The van der Waals surface area contributed by atoms with Crippen LogP contribution in [-0.2, 0) is 31.6 Å². The second kappa shape index (κ2) is 6.86. The maximum atomic E-state index is 13.3. The highest BCUT2D eigenvalue weighted by Gasteiger charge is 2.62. The summed E-state index contributed by atoms with van der Waals surface area (Å²) in [5.41, 5.74) is 0.187. The molecule has 8 nitrogen and oxygen atoms in total. The summed E-state index contributed by atoms with van der Waals surface area (Å²) in [7, 11) is -3.96. The maximum Gasteiger partial charge on any atom is 0.253 e. The number of nitrogens with one attached hydrogen (secondary N) is 1. The number of aryl methyl sites for hydroxylation is 1. The molecule has 1 spiro atoms. The van der Waals surface area contributed by atoms with Crippen molar-refractivity contribution in [3.63, 3.8) is 0 Å². The molecule has 2 aliphatic rings. The first-order chi connectivity index (χ1) is 14.8. The van der Waals surface area contributed by atoms with E-state index in [1.807, 2.05) is 30.3 Å². The average Bonchev–Trinajstić information content (AvgIpc) is 3.33. The molecule has 3 heterocycles. The topological polar surface area (TPSA) is 110 Å². The van der Waals surface area contributed by atoms with Gasteiger partial charge in [-0.05, 0) is 25.1 Å². The number of imide groups is 1. The van der Waals surface area contributed by atoms with E-state index in [-0.39, 0.29) is 24.3 Å². The van der Waals surface area contributed by atoms with Gasteiger partial charge >= 0.3 is 0 Å². The first-order valence-electron chi connectivity index (χ1n) is 9.82. The Labute approximate surface area is 178 Å². The van der Waals surface area contributed by atoms with Crippen LogP contribution in [0.2, 0.25) is 0 Å². The zero-order valence-corrected chi connectivity index (χ0v) is 17.5. The summed E-state index contributed by atoms with van der Waals surface area (Å²) in [4.78, 5) is 29.5. The number of hydrogen-bond acceptors (Lipinski definition) is 6. The van der Waals surface area contributed by atoms with Crippen molar-refractivity contribution in [2.45, 2.75) is 30.2 Å². The van der Waals surface area contributed by atoms with Gasteiger partial charge in [0.15, 0.2) is 0 Å². The SMILES string of the molecule is Cc1oc(-c2ccccc2)nc1CCN1C2(CC(=O)NC2=O)c2ccccc2S1(=O)=O. The van der Waals surface area contributed by atoms with Gasteiger partial charge in [-0.25, -0.2) is 13.4 Å². The van der Waals surface area contributed by atoms with Gasteiger partial charge < -0.3 is 4.42 Å². The highest BCUT2D eigenvalue weighted by Crippen LogP contribution is 2.48. The average molecular weight is 437 g/mol. The van der Waals surface area contributed by atoms with Crippen LogP contribution < -0.4 is 5.32 Å². The molecule has 0 bridgehead atoms. The fourth-order valence-corrected chi connectivity index (χ4v) is 6.37. The highest BCUT2D eigenvalue weighted by molar-refractivity contribution is 7.89. The Morgan fingerprint density at radius 3 is 2.52 bits per heavy atom. The fourth-order valence-electron chi connectivity index (χ4n) is 4.38. The number of nitrogens with zero attached hydrogens (tertiary/aromatic N) is 2. The summed E-state index contributed by atoms with van der Waals surface area (Å²) >= 11 is 0. The molecule has 31 heavy (non-hydrogen) atoms. The summed E-state index contributed by atoms with van der Waals surface area (Å²) in [6, 6.07) is 15.7. The Kier molecular flexibility index (Phi) is 4.35. The zero-order valence-electron chi connectivity index (χ0n) is 16.7. The van der Waals surface area contributed by atoms with E-state index in [1.165, 1.54) is 6.07 Å². The van der Waals surface area contributed by atoms with Gasteiger partial charge in [-0.2, -0.15) is 4.31 Å². The molecule has 158 valence electrons. The Bertz CT molecular complexity index is 1320. The number of rotatable bonds is 4. The summed E-state index contributed by atoms with van der Waals surface area (Å²) in [5.74, 6) is -0.0862. The van der Waals surface area contributed by atoms with E-state index >= 15 is 0 Å². The molecule has 1 saturated heterocycles. The highest BCUT2D eigenvalue weighted by atomic mass is 32.2. The van der Waals surface area contributed by atoms with Crippen molar-refractivity contribution in [1.82, 2.24) is 14.6 Å². The molecule has 2 aliphatic heterocycles. The summed E-state index contributed by atoms with van der Waals surface area (Å²) in [5, 5.41) is 2.28. The van der Waals surface area contributed by atoms with Crippen LogP contribution in [0.25, 0.3) is 11.5 Å². The number of carbonyl (C=O) groups excluding carboxylic acids is 2. The van der Waals surface area contributed by atoms with Crippen LogP contribution in [0.15, 0.2) is 63.9 Å². The number of hydrogen-bond donors (Lipinski definition) is 1. The second-order valence-corrected chi connectivity index (χ2v) is 9.46. The summed E-state index contributed by atoms with van der Waals surface area (Å²) < 4.78 is 33.6. The number of fused-ring (bicyclic) bond motifs is 2. The molecule has 2 aromatic carbocycles. The Morgan fingerprint density at radius 2 is 1.81 bits per heavy atom. The van der Waals surface area contributed by atoms with Crippen molar-refractivity contribution >= 4 is 21.8 Å². The number of amides is 2. The smallest absolute Gasteiger partial charge is 0.253 e. The molecular weight excluding hydrogens is 418 g/mol. The third kappa shape index (κ3) is 2.84. The predicted molar refractivity (Wildman–Crippen MR) is 110 cm³/mol. The fraction of sp³-hybridized carbons (Fsp3) is 0.227. The molecule has 1 unspecified atom stereocenters. The number of sulfonamides is 1. The van der Waals surface area contributed by atoms with Gasteiger partial charge in [-0.3, -0.25) is 14.9 Å². The van der Waals surface area contributed by atoms with Crippen molar-refractivity contribution in [1.29, 1.82) is 0 Å². The Hall–Kier alpha value is -3.30. The normalized spacial score (nSPS) is 22.1. The first kappa shape index (κ1) is 19.7. The lowest BCUT2D eigenvalue weighted by Gasteiger charge is -2.30. The molecule has 0 saturated carbocycles. The lowest BCUT2D eigenvalue weighted by molar-refractivity contribution is -0.128. The third-order valence-electron chi connectivity index (χ3n) is 5.84. The monoisotopic (exact) mass is 437 g/mol. The number of oxazole rings is 1. The van der Waals surface area contributed by atoms with E-state index in [9.17, 15) is 18.0 Å². The van der Waals surface area contributed by atoms with E-state index < -0.39 is 27.4 Å². The first-order valence-corrected chi connectivity index (χ1v) is 11.3. The molecule has 2 amide bonds. The Balaban J connectivity index is 1.51.